The molecule has 24 heavy (non-hydrogen) atoms. The third-order valence-electron chi connectivity index (χ3n) is 3.97. The van der Waals surface area contributed by atoms with Gasteiger partial charge < -0.3 is 4.74 Å². The van der Waals surface area contributed by atoms with E-state index in [9.17, 15) is 18.8 Å². The molecule has 124 valence electrons. The Labute approximate surface area is 151 Å². The number of hydrogen-bond acceptors (Lipinski definition) is 4. The van der Waals surface area contributed by atoms with E-state index >= 15 is 0 Å². The summed E-state index contributed by atoms with van der Waals surface area (Å²) in [7, 11) is 1.05. The molecule has 1 aliphatic carbocycles. The van der Waals surface area contributed by atoms with Crippen molar-refractivity contribution >= 4 is 51.4 Å². The molecule has 0 saturated heterocycles. The molecule has 0 spiro atoms. The van der Waals surface area contributed by atoms with Crippen LogP contribution in [0.2, 0.25) is 0 Å². The van der Waals surface area contributed by atoms with Crippen molar-refractivity contribution in [2.24, 2.45) is 0 Å². The summed E-state index contributed by atoms with van der Waals surface area (Å²) in [6.07, 6.45) is 2.30. The van der Waals surface area contributed by atoms with E-state index < -0.39 is 23.0 Å². The molecule has 1 heterocycles. The van der Waals surface area contributed by atoms with Gasteiger partial charge in [-0.15, -0.1) is 0 Å². The minimum absolute atomic E-state index is 0.0745. The maximum atomic E-state index is 14.9. The van der Waals surface area contributed by atoms with Gasteiger partial charge in [0.05, 0.1) is 25.2 Å². The lowest BCUT2D eigenvalue weighted by Gasteiger charge is -2.04. The third kappa shape index (κ3) is 2.70. The second-order valence-corrected chi connectivity index (χ2v) is 7.43. The fraction of sp³-hybridized carbons (Fsp3) is 0.267. The number of halogens is 3. The summed E-state index contributed by atoms with van der Waals surface area (Å²) in [5, 5.41) is 14.3. The average Bonchev–Trinajstić information content (AvgIpc) is 3.30. The van der Waals surface area contributed by atoms with Crippen LogP contribution in [0.4, 0.5) is 8.78 Å². The van der Waals surface area contributed by atoms with E-state index in [1.165, 1.54) is 10.5 Å². The van der Waals surface area contributed by atoms with Gasteiger partial charge in [-0.2, -0.15) is 14.8 Å². The van der Waals surface area contributed by atoms with Gasteiger partial charge in [-0.3, -0.25) is 0 Å². The average molecular weight is 461 g/mol. The minimum Gasteiger partial charge on any atom is -0.464 e. The van der Waals surface area contributed by atoms with Gasteiger partial charge in [0, 0.05) is 10.9 Å². The van der Waals surface area contributed by atoms with Gasteiger partial charge in [-0.1, -0.05) is 12.1 Å². The highest BCUT2D eigenvalue weighted by molar-refractivity contribution is 14.2. The first kappa shape index (κ1) is 17.2. The third-order valence-corrected chi connectivity index (χ3v) is 5.83. The van der Waals surface area contributed by atoms with Crippen LogP contribution in [0.5, 0.6) is 0 Å². The number of nitriles is 1. The monoisotopic (exact) mass is 461 g/mol. The summed E-state index contributed by atoms with van der Waals surface area (Å²) in [5.41, 5.74) is 0.0492. The Morgan fingerprint density at radius 1 is 1.58 bits per heavy atom. The molecular weight excluding hydrogens is 450 g/mol. The lowest BCUT2D eigenvalue weighted by molar-refractivity contribution is -0.137. The van der Waals surface area contributed by atoms with Gasteiger partial charge in [0.25, 0.3) is 0 Å². The number of carbonyl (C=O) groups is 1. The van der Waals surface area contributed by atoms with E-state index in [0.29, 0.717) is 23.9 Å². The topological polar surface area (TPSA) is 67.9 Å². The molecule has 2 aromatic rings. The van der Waals surface area contributed by atoms with E-state index in [1.54, 1.807) is 6.07 Å². The van der Waals surface area contributed by atoms with E-state index in [0.717, 1.165) is 13.2 Å². The summed E-state index contributed by atoms with van der Waals surface area (Å²) in [4.78, 5) is 11.2. The highest BCUT2D eigenvalue weighted by atomic mass is 127. The maximum Gasteiger partial charge on any atom is 0.366 e. The predicted octanol–water partition coefficient (Wildman–Crippen LogP) is 4.01. The Morgan fingerprint density at radius 2 is 2.29 bits per heavy atom. The van der Waals surface area contributed by atoms with E-state index in [2.05, 4.69) is 37.9 Å². The number of carbonyl (C=O) groups excluding carboxylic acids is 1. The van der Waals surface area contributed by atoms with Crippen molar-refractivity contribution < 1.29 is 18.3 Å². The van der Waals surface area contributed by atoms with Crippen molar-refractivity contribution in [1.29, 1.82) is 5.26 Å². The molecule has 1 fully saturated rings. The van der Waals surface area contributed by atoms with E-state index in [4.69, 9.17) is 0 Å². The fourth-order valence-electron chi connectivity index (χ4n) is 2.53. The first-order valence-corrected chi connectivity index (χ1v) is 11.0. The Bertz CT molecular complexity index is 916. The molecule has 1 atom stereocenters. The molecule has 1 aromatic carbocycles. The largest absolute Gasteiger partial charge is 0.464 e. The highest BCUT2D eigenvalue weighted by Gasteiger charge is 2.48. The van der Waals surface area contributed by atoms with Gasteiger partial charge in [0.2, 0.25) is 5.83 Å². The van der Waals surface area contributed by atoms with Crippen LogP contribution in [0.15, 0.2) is 18.0 Å². The van der Waals surface area contributed by atoms with Gasteiger partial charge in [0.15, 0.2) is 5.82 Å². The fourth-order valence-corrected chi connectivity index (χ4v) is 4.02. The molecule has 1 saturated carbocycles. The second-order valence-electron chi connectivity index (χ2n) is 5.39. The number of nitrogens with zero attached hydrogens (tertiary/aromatic N) is 3. The standard InChI is InChI=1S/C15H11F2IN3O2P/c1-23-14(22)10(16)6-8-2-3-9-12(11(8)17)21(24-18)20-13(9)15(7-19)4-5-15/h2-3,6,24H,4-5H2,1H3/b10-6-. The Morgan fingerprint density at radius 3 is 2.83 bits per heavy atom. The van der Waals surface area contributed by atoms with Crippen molar-refractivity contribution in [3.8, 4) is 6.07 Å². The van der Waals surface area contributed by atoms with E-state index in [1.807, 2.05) is 0 Å². The Kier molecular flexibility index (Phi) is 4.58. The molecule has 9 heteroatoms. The number of ether oxygens (including phenoxy) is 1. The number of rotatable bonds is 4. The molecule has 0 bridgehead atoms. The van der Waals surface area contributed by atoms with Crippen molar-refractivity contribution in [1.82, 2.24) is 9.55 Å². The van der Waals surface area contributed by atoms with Crippen LogP contribution in [-0.2, 0) is 14.9 Å². The predicted molar refractivity (Wildman–Crippen MR) is 95.1 cm³/mol. The zero-order valence-electron chi connectivity index (χ0n) is 12.4. The van der Waals surface area contributed by atoms with Crippen LogP contribution < -0.4 is 0 Å². The quantitative estimate of drug-likeness (QED) is 0.299. The number of benzene rings is 1. The van der Waals surface area contributed by atoms with Crippen LogP contribution in [0.3, 0.4) is 0 Å². The number of aromatic nitrogens is 2. The van der Waals surface area contributed by atoms with Crippen molar-refractivity contribution in [3.63, 3.8) is 0 Å². The highest BCUT2D eigenvalue weighted by Crippen LogP contribution is 2.50. The Balaban J connectivity index is 2.20. The minimum atomic E-state index is -1.19. The lowest BCUT2D eigenvalue weighted by Crippen LogP contribution is -2.04. The summed E-state index contributed by atoms with van der Waals surface area (Å²) in [6, 6.07) is 5.24. The molecule has 0 radical (unpaired) electrons. The van der Waals surface area contributed by atoms with Gasteiger partial charge in [-0.05, 0) is 41.0 Å². The van der Waals surface area contributed by atoms with Crippen LogP contribution in [-0.4, -0.2) is 22.6 Å². The van der Waals surface area contributed by atoms with Crippen LogP contribution in [0.1, 0.15) is 24.1 Å². The molecule has 5 nitrogen and oxygen atoms in total. The van der Waals surface area contributed by atoms with Crippen LogP contribution >= 0.6 is 28.4 Å². The van der Waals surface area contributed by atoms with Crippen molar-refractivity contribution in [2.45, 2.75) is 18.3 Å². The first-order chi connectivity index (χ1) is 11.5. The normalized spacial score (nSPS) is 16.5. The zero-order chi connectivity index (χ0) is 17.5. The SMILES string of the molecule is COC(=O)/C(F)=C/c1ccc2c(C3(C#N)CC3)nn(PI)c2c1F. The number of methoxy groups -OCH3 is 1. The Hall–Kier alpha value is -1.59. The molecule has 3 rings (SSSR count). The summed E-state index contributed by atoms with van der Waals surface area (Å²) >= 11 is 2.06. The number of hydrogen-bond donors (Lipinski definition) is 0. The second kappa shape index (κ2) is 6.37. The number of esters is 1. The van der Waals surface area contributed by atoms with Crippen LogP contribution in [0, 0.1) is 17.1 Å². The molecule has 1 aromatic heterocycles. The van der Waals surface area contributed by atoms with Gasteiger partial charge in [-0.25, -0.2) is 13.6 Å². The molecule has 0 N–H and O–H groups in total. The van der Waals surface area contributed by atoms with Crippen LogP contribution in [0.25, 0.3) is 17.0 Å². The number of fused-ring (bicyclic) bond motifs is 1. The molecule has 1 aliphatic rings. The molecular formula is C15H11F2IN3O2P. The smallest absolute Gasteiger partial charge is 0.366 e. The zero-order valence-corrected chi connectivity index (χ0v) is 15.6. The van der Waals surface area contributed by atoms with E-state index in [-0.39, 0.29) is 17.5 Å². The van der Waals surface area contributed by atoms with Gasteiger partial charge >= 0.3 is 5.97 Å². The summed E-state index contributed by atoms with van der Waals surface area (Å²) < 4.78 is 34.3. The molecule has 0 aliphatic heterocycles. The summed E-state index contributed by atoms with van der Waals surface area (Å²) in [5.74, 6) is -3.03. The summed E-state index contributed by atoms with van der Waals surface area (Å²) in [6.45, 7) is 0. The lowest BCUT2D eigenvalue weighted by atomic mass is 9.99. The molecule has 0 amide bonds. The maximum absolute atomic E-state index is 14.9. The molecule has 1 unspecified atom stereocenters. The van der Waals surface area contributed by atoms with Gasteiger partial charge in [0.1, 0.15) is 10.9 Å². The van der Waals surface area contributed by atoms with Crippen molar-refractivity contribution in [2.75, 3.05) is 7.11 Å². The first-order valence-electron chi connectivity index (χ1n) is 6.92. The van der Waals surface area contributed by atoms with Crippen molar-refractivity contribution in [3.05, 3.63) is 35.0 Å².